The van der Waals surface area contributed by atoms with E-state index >= 15 is 0 Å². The Labute approximate surface area is 94.4 Å². The molecule has 2 rings (SSSR count). The summed E-state index contributed by atoms with van der Waals surface area (Å²) < 4.78 is 1.75. The van der Waals surface area contributed by atoms with Crippen LogP contribution >= 0.6 is 0 Å². The van der Waals surface area contributed by atoms with Gasteiger partial charge in [-0.05, 0) is 36.2 Å². The fraction of sp³-hybridized carbons (Fsp3) is 0.231. The molecular formula is C13H14N2O. The van der Waals surface area contributed by atoms with E-state index < -0.39 is 0 Å². The van der Waals surface area contributed by atoms with E-state index in [0.29, 0.717) is 0 Å². The highest BCUT2D eigenvalue weighted by atomic mass is 16.1. The number of rotatable bonds is 3. The predicted molar refractivity (Wildman–Crippen MR) is 64.2 cm³/mol. The van der Waals surface area contributed by atoms with E-state index in [1.54, 1.807) is 17.0 Å². The number of nitrogens with zero attached hydrogens (tertiary/aromatic N) is 2. The summed E-state index contributed by atoms with van der Waals surface area (Å²) in [6.07, 6.45) is 6.19. The van der Waals surface area contributed by atoms with E-state index in [1.807, 2.05) is 30.5 Å². The molecule has 0 saturated carbocycles. The summed E-state index contributed by atoms with van der Waals surface area (Å²) in [6, 6.07) is 7.47. The van der Waals surface area contributed by atoms with Crippen LogP contribution < -0.4 is 5.56 Å². The molecule has 3 nitrogen and oxygen atoms in total. The molecule has 0 aliphatic carbocycles. The van der Waals surface area contributed by atoms with Crippen molar-refractivity contribution in [1.29, 1.82) is 0 Å². The van der Waals surface area contributed by atoms with Gasteiger partial charge in [0.25, 0.3) is 5.56 Å². The van der Waals surface area contributed by atoms with Gasteiger partial charge in [-0.2, -0.15) is 0 Å². The molecule has 0 radical (unpaired) electrons. The van der Waals surface area contributed by atoms with Gasteiger partial charge in [-0.25, -0.2) is 0 Å². The molecule has 0 bridgehead atoms. The minimum absolute atomic E-state index is 0.0653. The maximum Gasteiger partial charge on any atom is 0.258 e. The first kappa shape index (κ1) is 10.6. The Hall–Kier alpha value is -1.90. The number of hydrogen-bond donors (Lipinski definition) is 0. The zero-order valence-corrected chi connectivity index (χ0v) is 9.26. The van der Waals surface area contributed by atoms with Crippen molar-refractivity contribution in [3.63, 3.8) is 0 Å². The second-order valence-corrected chi connectivity index (χ2v) is 3.66. The van der Waals surface area contributed by atoms with Crippen molar-refractivity contribution >= 4 is 0 Å². The summed E-state index contributed by atoms with van der Waals surface area (Å²) in [5, 5.41) is 0. The number of aromatic nitrogens is 2. The highest BCUT2D eigenvalue weighted by Gasteiger charge is 2.04. The van der Waals surface area contributed by atoms with Crippen molar-refractivity contribution in [3.05, 3.63) is 53.2 Å². The molecule has 0 N–H and O–H groups in total. The normalized spacial score (nSPS) is 10.3. The van der Waals surface area contributed by atoms with Gasteiger partial charge < -0.3 is 4.57 Å². The number of aryl methyl sites for hydroxylation is 1. The molecule has 2 heterocycles. The molecule has 2 aromatic rings. The van der Waals surface area contributed by atoms with Crippen molar-refractivity contribution in [2.75, 3.05) is 0 Å². The smallest absolute Gasteiger partial charge is 0.258 e. The van der Waals surface area contributed by atoms with Crippen LogP contribution in [0.25, 0.3) is 11.1 Å². The van der Waals surface area contributed by atoms with Gasteiger partial charge in [0.1, 0.15) is 0 Å². The van der Waals surface area contributed by atoms with E-state index in [-0.39, 0.29) is 5.56 Å². The maximum atomic E-state index is 12.1. The third-order valence-corrected chi connectivity index (χ3v) is 2.48. The van der Waals surface area contributed by atoms with Crippen LogP contribution in [0.5, 0.6) is 0 Å². The highest BCUT2D eigenvalue weighted by molar-refractivity contribution is 5.61. The van der Waals surface area contributed by atoms with Crippen molar-refractivity contribution in [1.82, 2.24) is 9.55 Å². The molecule has 2 aromatic heterocycles. The fourth-order valence-electron chi connectivity index (χ4n) is 1.71. The molecule has 16 heavy (non-hydrogen) atoms. The molecule has 0 aliphatic heterocycles. The van der Waals surface area contributed by atoms with E-state index in [4.69, 9.17) is 0 Å². The van der Waals surface area contributed by atoms with Gasteiger partial charge in [0, 0.05) is 30.7 Å². The molecule has 0 atom stereocenters. The van der Waals surface area contributed by atoms with Crippen LogP contribution in [-0.2, 0) is 6.54 Å². The van der Waals surface area contributed by atoms with Crippen molar-refractivity contribution in [2.24, 2.45) is 0 Å². The van der Waals surface area contributed by atoms with E-state index in [2.05, 4.69) is 11.9 Å². The fourth-order valence-corrected chi connectivity index (χ4v) is 1.71. The minimum Gasteiger partial charge on any atom is -0.315 e. The van der Waals surface area contributed by atoms with Crippen LogP contribution in [0.15, 0.2) is 47.7 Å². The van der Waals surface area contributed by atoms with Crippen LogP contribution in [0.2, 0.25) is 0 Å². The third kappa shape index (κ3) is 2.03. The summed E-state index contributed by atoms with van der Waals surface area (Å²) in [7, 11) is 0. The molecule has 0 spiro atoms. The van der Waals surface area contributed by atoms with E-state index in [0.717, 1.165) is 24.1 Å². The summed E-state index contributed by atoms with van der Waals surface area (Å²) in [5.41, 5.74) is 1.72. The Morgan fingerprint density at radius 1 is 1.25 bits per heavy atom. The first-order chi connectivity index (χ1) is 7.83. The minimum atomic E-state index is 0.0653. The van der Waals surface area contributed by atoms with Gasteiger partial charge in [-0.3, -0.25) is 9.78 Å². The van der Waals surface area contributed by atoms with Crippen molar-refractivity contribution in [2.45, 2.75) is 19.9 Å². The van der Waals surface area contributed by atoms with E-state index in [1.165, 1.54) is 0 Å². The molecule has 0 aromatic carbocycles. The second-order valence-electron chi connectivity index (χ2n) is 3.66. The van der Waals surface area contributed by atoms with Gasteiger partial charge in [-0.15, -0.1) is 0 Å². The van der Waals surface area contributed by atoms with Gasteiger partial charge in [0.05, 0.1) is 0 Å². The summed E-state index contributed by atoms with van der Waals surface area (Å²) in [4.78, 5) is 16.1. The maximum absolute atomic E-state index is 12.1. The third-order valence-electron chi connectivity index (χ3n) is 2.48. The molecule has 0 fully saturated rings. The average molecular weight is 214 g/mol. The lowest BCUT2D eigenvalue weighted by Crippen LogP contribution is -2.20. The van der Waals surface area contributed by atoms with Crippen LogP contribution in [0.4, 0.5) is 0 Å². The second kappa shape index (κ2) is 4.75. The predicted octanol–water partition coefficient (Wildman–Crippen LogP) is 2.32. The Kier molecular flexibility index (Phi) is 3.15. The van der Waals surface area contributed by atoms with Crippen molar-refractivity contribution in [3.8, 4) is 11.1 Å². The monoisotopic (exact) mass is 214 g/mol. The van der Waals surface area contributed by atoms with Crippen LogP contribution in [0.3, 0.4) is 0 Å². The van der Waals surface area contributed by atoms with Crippen molar-refractivity contribution < 1.29 is 0 Å². The topological polar surface area (TPSA) is 34.9 Å². The number of hydrogen-bond acceptors (Lipinski definition) is 2. The Morgan fingerprint density at radius 3 is 2.69 bits per heavy atom. The van der Waals surface area contributed by atoms with Crippen LogP contribution in [-0.4, -0.2) is 9.55 Å². The lowest BCUT2D eigenvalue weighted by Gasteiger charge is -2.06. The summed E-state index contributed by atoms with van der Waals surface area (Å²) in [6.45, 7) is 2.82. The molecule has 82 valence electrons. The average Bonchev–Trinajstić information content (AvgIpc) is 2.33. The molecule has 0 saturated heterocycles. The van der Waals surface area contributed by atoms with Gasteiger partial charge >= 0.3 is 0 Å². The largest absolute Gasteiger partial charge is 0.315 e. The number of pyridine rings is 2. The highest BCUT2D eigenvalue weighted by Crippen LogP contribution is 2.12. The standard InChI is InChI=1S/C13H14N2O/c1-2-9-15-10-3-4-12(13(15)16)11-5-7-14-8-6-11/h3-8,10H,2,9H2,1H3. The summed E-state index contributed by atoms with van der Waals surface area (Å²) >= 11 is 0. The zero-order chi connectivity index (χ0) is 11.4. The summed E-state index contributed by atoms with van der Waals surface area (Å²) in [5.74, 6) is 0. The van der Waals surface area contributed by atoms with Gasteiger partial charge in [0.15, 0.2) is 0 Å². The van der Waals surface area contributed by atoms with E-state index in [9.17, 15) is 4.79 Å². The first-order valence-electron chi connectivity index (χ1n) is 5.43. The van der Waals surface area contributed by atoms with Crippen LogP contribution in [0.1, 0.15) is 13.3 Å². The Balaban J connectivity index is 2.51. The zero-order valence-electron chi connectivity index (χ0n) is 9.26. The Bertz CT molecular complexity index is 517. The van der Waals surface area contributed by atoms with Gasteiger partial charge in [0.2, 0.25) is 0 Å². The lowest BCUT2D eigenvalue weighted by molar-refractivity contribution is 0.655. The first-order valence-corrected chi connectivity index (χ1v) is 5.43. The van der Waals surface area contributed by atoms with Crippen LogP contribution in [0, 0.1) is 0 Å². The molecular weight excluding hydrogens is 200 g/mol. The molecule has 0 amide bonds. The quantitative estimate of drug-likeness (QED) is 0.786. The Morgan fingerprint density at radius 2 is 2.00 bits per heavy atom. The molecule has 3 heteroatoms. The molecule has 0 unspecified atom stereocenters. The SMILES string of the molecule is CCCn1cccc(-c2ccncc2)c1=O. The van der Waals surface area contributed by atoms with Gasteiger partial charge in [-0.1, -0.05) is 6.92 Å². The molecule has 0 aliphatic rings. The lowest BCUT2D eigenvalue weighted by atomic mass is 10.1.